The monoisotopic (exact) mass is 454 g/mol. The fourth-order valence-corrected chi connectivity index (χ4v) is 4.05. The maximum Gasteiger partial charge on any atom is 0.227 e. The topological polar surface area (TPSA) is 70.7 Å². The minimum Gasteiger partial charge on any atom is -0.493 e. The number of ether oxygens (including phenoxy) is 2. The Morgan fingerprint density at radius 3 is 2.53 bits per heavy atom. The summed E-state index contributed by atoms with van der Waals surface area (Å²) in [6.45, 7) is 2.99. The van der Waals surface area contributed by atoms with Crippen LogP contribution in [0.3, 0.4) is 0 Å². The first-order valence-electron chi connectivity index (χ1n) is 10.6. The van der Waals surface area contributed by atoms with Crippen LogP contribution in [0, 0.1) is 0 Å². The Hall–Kier alpha value is -3.19. The molecule has 0 saturated carbocycles. The van der Waals surface area contributed by atoms with Gasteiger partial charge in [0.05, 0.1) is 26.3 Å². The molecular formula is C24H27ClN4O3. The van der Waals surface area contributed by atoms with Crippen molar-refractivity contribution in [3.8, 4) is 22.8 Å². The normalized spacial score (nSPS) is 14.2. The van der Waals surface area contributed by atoms with Gasteiger partial charge in [-0.2, -0.15) is 5.10 Å². The molecule has 7 nitrogen and oxygen atoms in total. The zero-order valence-corrected chi connectivity index (χ0v) is 19.1. The zero-order chi connectivity index (χ0) is 22.5. The standard InChI is InChI=1S/C24H27ClN4O3/c1-31-21-9-4-17(14-22(21)32-2)15-24(30)29-11-3-10-28(12-13-29)23-16-20(26-27-23)18-5-7-19(25)8-6-18/h4-9,14,16H,3,10-13,15H2,1-2H3,(H,26,27). The molecule has 1 aliphatic heterocycles. The number of methoxy groups -OCH3 is 2. The van der Waals surface area contributed by atoms with E-state index in [9.17, 15) is 4.79 Å². The molecule has 1 aromatic heterocycles. The van der Waals surface area contributed by atoms with Crippen molar-refractivity contribution in [2.45, 2.75) is 12.8 Å². The highest BCUT2D eigenvalue weighted by Crippen LogP contribution is 2.28. The number of carbonyl (C=O) groups is 1. The molecule has 2 aromatic carbocycles. The van der Waals surface area contributed by atoms with E-state index in [2.05, 4.69) is 15.1 Å². The number of anilines is 1. The van der Waals surface area contributed by atoms with Crippen molar-refractivity contribution in [2.75, 3.05) is 45.3 Å². The van der Waals surface area contributed by atoms with E-state index in [1.807, 2.05) is 53.4 Å². The molecular weight excluding hydrogens is 428 g/mol. The molecule has 0 aliphatic carbocycles. The van der Waals surface area contributed by atoms with Crippen LogP contribution in [0.2, 0.25) is 5.02 Å². The second kappa shape index (κ2) is 9.96. The average molecular weight is 455 g/mol. The van der Waals surface area contributed by atoms with Gasteiger partial charge in [-0.1, -0.05) is 29.8 Å². The predicted octanol–water partition coefficient (Wildman–Crippen LogP) is 4.03. The van der Waals surface area contributed by atoms with Gasteiger partial charge in [-0.3, -0.25) is 9.89 Å². The van der Waals surface area contributed by atoms with Crippen molar-refractivity contribution in [3.63, 3.8) is 0 Å². The highest BCUT2D eigenvalue weighted by molar-refractivity contribution is 6.30. The predicted molar refractivity (Wildman–Crippen MR) is 126 cm³/mol. The van der Waals surface area contributed by atoms with E-state index in [1.165, 1.54) is 0 Å². The van der Waals surface area contributed by atoms with Crippen LogP contribution in [-0.4, -0.2) is 61.4 Å². The molecule has 4 rings (SSSR count). The number of rotatable bonds is 6. The van der Waals surface area contributed by atoms with Crippen molar-refractivity contribution in [1.82, 2.24) is 15.1 Å². The Bertz CT molecular complexity index is 1070. The first-order valence-corrected chi connectivity index (χ1v) is 11.0. The molecule has 32 heavy (non-hydrogen) atoms. The number of hydrogen-bond donors (Lipinski definition) is 1. The van der Waals surface area contributed by atoms with Crippen LogP contribution in [0.15, 0.2) is 48.5 Å². The highest BCUT2D eigenvalue weighted by Gasteiger charge is 2.21. The summed E-state index contributed by atoms with van der Waals surface area (Å²) in [6, 6.07) is 15.3. The molecule has 1 N–H and O–H groups in total. The van der Waals surface area contributed by atoms with Gasteiger partial charge in [-0.05, 0) is 41.8 Å². The smallest absolute Gasteiger partial charge is 0.227 e. The number of nitrogens with zero attached hydrogens (tertiary/aromatic N) is 3. The van der Waals surface area contributed by atoms with E-state index < -0.39 is 0 Å². The van der Waals surface area contributed by atoms with Gasteiger partial charge in [0, 0.05) is 37.3 Å². The molecule has 1 fully saturated rings. The number of aromatic nitrogens is 2. The molecule has 3 aromatic rings. The summed E-state index contributed by atoms with van der Waals surface area (Å²) in [5.74, 6) is 2.30. The number of benzene rings is 2. The van der Waals surface area contributed by atoms with Crippen LogP contribution >= 0.6 is 11.6 Å². The molecule has 0 spiro atoms. The second-order valence-corrected chi connectivity index (χ2v) is 8.17. The number of carbonyl (C=O) groups excluding carboxylic acids is 1. The van der Waals surface area contributed by atoms with Crippen molar-refractivity contribution >= 4 is 23.3 Å². The summed E-state index contributed by atoms with van der Waals surface area (Å²) in [7, 11) is 3.20. The van der Waals surface area contributed by atoms with Crippen LogP contribution in [0.5, 0.6) is 11.5 Å². The molecule has 0 atom stereocenters. The summed E-state index contributed by atoms with van der Waals surface area (Å²) in [6.07, 6.45) is 1.23. The number of H-pyrrole nitrogens is 1. The fourth-order valence-electron chi connectivity index (χ4n) is 3.92. The molecule has 1 aliphatic rings. The van der Waals surface area contributed by atoms with Gasteiger partial charge in [0.1, 0.15) is 0 Å². The number of amides is 1. The van der Waals surface area contributed by atoms with E-state index in [0.717, 1.165) is 48.7 Å². The minimum absolute atomic E-state index is 0.114. The molecule has 168 valence electrons. The first-order chi connectivity index (χ1) is 15.6. The van der Waals surface area contributed by atoms with Crippen molar-refractivity contribution in [1.29, 1.82) is 0 Å². The van der Waals surface area contributed by atoms with Crippen LogP contribution < -0.4 is 14.4 Å². The van der Waals surface area contributed by atoms with Crippen LogP contribution in [-0.2, 0) is 11.2 Å². The van der Waals surface area contributed by atoms with Gasteiger partial charge in [-0.25, -0.2) is 0 Å². The zero-order valence-electron chi connectivity index (χ0n) is 18.3. The van der Waals surface area contributed by atoms with Crippen molar-refractivity contribution in [3.05, 3.63) is 59.1 Å². The summed E-state index contributed by atoms with van der Waals surface area (Å²) in [5, 5.41) is 8.31. The lowest BCUT2D eigenvalue weighted by molar-refractivity contribution is -0.130. The largest absolute Gasteiger partial charge is 0.493 e. The Kier molecular flexibility index (Phi) is 6.85. The maximum absolute atomic E-state index is 12.9. The average Bonchev–Trinajstić information content (AvgIpc) is 3.17. The Balaban J connectivity index is 1.38. The van der Waals surface area contributed by atoms with Gasteiger partial charge in [-0.15, -0.1) is 0 Å². The van der Waals surface area contributed by atoms with E-state index >= 15 is 0 Å². The SMILES string of the molecule is COc1ccc(CC(=O)N2CCCN(c3cc(-c4ccc(Cl)cc4)[nH]n3)CC2)cc1OC. The molecule has 0 radical (unpaired) electrons. The lowest BCUT2D eigenvalue weighted by Gasteiger charge is -2.22. The van der Waals surface area contributed by atoms with Gasteiger partial charge in [0.15, 0.2) is 17.3 Å². The van der Waals surface area contributed by atoms with Gasteiger partial charge in [0.25, 0.3) is 0 Å². The number of aromatic amines is 1. The Labute approximate surface area is 192 Å². The molecule has 2 heterocycles. The fraction of sp³-hybridized carbons (Fsp3) is 0.333. The molecule has 1 amide bonds. The summed E-state index contributed by atoms with van der Waals surface area (Å²) in [5.41, 5.74) is 2.89. The number of halogens is 1. The molecule has 8 heteroatoms. The van der Waals surface area contributed by atoms with Crippen molar-refractivity contribution < 1.29 is 14.3 Å². The Morgan fingerprint density at radius 1 is 1.00 bits per heavy atom. The van der Waals surface area contributed by atoms with Crippen LogP contribution in [0.25, 0.3) is 11.3 Å². The third kappa shape index (κ3) is 4.99. The summed E-state index contributed by atoms with van der Waals surface area (Å²) in [4.78, 5) is 17.1. The highest BCUT2D eigenvalue weighted by atomic mass is 35.5. The lowest BCUT2D eigenvalue weighted by atomic mass is 10.1. The van der Waals surface area contributed by atoms with Crippen LogP contribution in [0.1, 0.15) is 12.0 Å². The first kappa shape index (κ1) is 22.0. The number of hydrogen-bond acceptors (Lipinski definition) is 5. The molecule has 1 saturated heterocycles. The number of nitrogens with one attached hydrogen (secondary N) is 1. The lowest BCUT2D eigenvalue weighted by Crippen LogP contribution is -2.36. The second-order valence-electron chi connectivity index (χ2n) is 7.73. The quantitative estimate of drug-likeness (QED) is 0.609. The summed E-state index contributed by atoms with van der Waals surface area (Å²) < 4.78 is 10.6. The van der Waals surface area contributed by atoms with Gasteiger partial charge in [0.2, 0.25) is 5.91 Å². The Morgan fingerprint density at radius 2 is 1.78 bits per heavy atom. The van der Waals surface area contributed by atoms with E-state index in [-0.39, 0.29) is 5.91 Å². The van der Waals surface area contributed by atoms with Gasteiger partial charge >= 0.3 is 0 Å². The minimum atomic E-state index is 0.114. The van der Waals surface area contributed by atoms with E-state index in [4.69, 9.17) is 21.1 Å². The van der Waals surface area contributed by atoms with E-state index in [0.29, 0.717) is 29.5 Å². The van der Waals surface area contributed by atoms with Crippen LogP contribution in [0.4, 0.5) is 5.82 Å². The van der Waals surface area contributed by atoms with Crippen molar-refractivity contribution in [2.24, 2.45) is 0 Å². The third-order valence-electron chi connectivity index (χ3n) is 5.70. The third-order valence-corrected chi connectivity index (χ3v) is 5.95. The van der Waals surface area contributed by atoms with Gasteiger partial charge < -0.3 is 19.3 Å². The molecule has 0 unspecified atom stereocenters. The molecule has 0 bridgehead atoms. The van der Waals surface area contributed by atoms with E-state index in [1.54, 1.807) is 14.2 Å². The summed E-state index contributed by atoms with van der Waals surface area (Å²) >= 11 is 5.99. The maximum atomic E-state index is 12.9.